The molecule has 0 spiro atoms. The molecule has 2 heterocycles. The van der Waals surface area contributed by atoms with Gasteiger partial charge in [-0.1, -0.05) is 12.1 Å². The molecule has 1 aromatic heterocycles. The van der Waals surface area contributed by atoms with E-state index >= 15 is 0 Å². The summed E-state index contributed by atoms with van der Waals surface area (Å²) in [5, 5.41) is 14.1. The van der Waals surface area contributed by atoms with E-state index in [2.05, 4.69) is 20.8 Å². The summed E-state index contributed by atoms with van der Waals surface area (Å²) in [4.78, 5) is 14.2. The van der Waals surface area contributed by atoms with Gasteiger partial charge >= 0.3 is 0 Å². The van der Waals surface area contributed by atoms with Crippen molar-refractivity contribution in [3.63, 3.8) is 0 Å². The molecule has 0 unspecified atom stereocenters. The molecule has 0 saturated heterocycles. The van der Waals surface area contributed by atoms with Crippen molar-refractivity contribution in [2.24, 2.45) is 0 Å². The first-order chi connectivity index (χ1) is 9.34. The first-order valence-corrected chi connectivity index (χ1v) is 6.18. The summed E-state index contributed by atoms with van der Waals surface area (Å²) in [5.74, 6) is -0.0107. The van der Waals surface area contributed by atoms with Gasteiger partial charge in [0.2, 0.25) is 5.91 Å². The van der Waals surface area contributed by atoms with Crippen LogP contribution in [0.15, 0.2) is 30.6 Å². The molecule has 0 radical (unpaired) electrons. The van der Waals surface area contributed by atoms with Crippen LogP contribution in [0.5, 0.6) is 0 Å². The quantitative estimate of drug-likeness (QED) is 0.850. The smallest absolute Gasteiger partial charge is 0.248 e. The minimum atomic E-state index is -0.0107. The Morgan fingerprint density at radius 2 is 2.26 bits per heavy atom. The van der Waals surface area contributed by atoms with Gasteiger partial charge in [0, 0.05) is 13.1 Å². The Bertz CT molecular complexity index is 567. The van der Waals surface area contributed by atoms with Crippen LogP contribution in [0.1, 0.15) is 6.42 Å². The summed E-state index contributed by atoms with van der Waals surface area (Å²) >= 11 is 0. The van der Waals surface area contributed by atoms with E-state index in [1.165, 1.54) is 11.0 Å². The number of rotatable bonds is 2. The van der Waals surface area contributed by atoms with Gasteiger partial charge in [0.15, 0.2) is 0 Å². The van der Waals surface area contributed by atoms with E-state index in [1.54, 1.807) is 4.90 Å². The van der Waals surface area contributed by atoms with Gasteiger partial charge in [0.05, 0.1) is 11.4 Å². The topological polar surface area (TPSA) is 75.9 Å². The standard InChI is InChI=1S/C12H14N6O/c19-12(8-17-9-14-15-16-17)18-7-3-6-13-10-4-1-2-5-11(10)18/h1-2,4-5,9,13H,3,6-8H2. The van der Waals surface area contributed by atoms with Crippen molar-refractivity contribution in [2.45, 2.75) is 13.0 Å². The predicted octanol–water partition coefficient (Wildman–Crippen LogP) is 0.522. The van der Waals surface area contributed by atoms with E-state index in [0.717, 1.165) is 24.3 Å². The zero-order valence-corrected chi connectivity index (χ0v) is 10.4. The van der Waals surface area contributed by atoms with Crippen LogP contribution in [0.25, 0.3) is 0 Å². The molecule has 0 fully saturated rings. The van der Waals surface area contributed by atoms with Gasteiger partial charge in [-0.15, -0.1) is 5.10 Å². The van der Waals surface area contributed by atoms with Crippen LogP contribution in [-0.4, -0.2) is 39.2 Å². The number of carbonyl (C=O) groups is 1. The lowest BCUT2D eigenvalue weighted by atomic mass is 10.2. The summed E-state index contributed by atoms with van der Waals surface area (Å²) in [6.07, 6.45) is 2.36. The van der Waals surface area contributed by atoms with Crippen molar-refractivity contribution >= 4 is 17.3 Å². The fourth-order valence-corrected chi connectivity index (χ4v) is 2.17. The van der Waals surface area contributed by atoms with Gasteiger partial charge in [-0.3, -0.25) is 4.79 Å². The Morgan fingerprint density at radius 1 is 1.37 bits per heavy atom. The highest BCUT2D eigenvalue weighted by atomic mass is 16.2. The summed E-state index contributed by atoms with van der Waals surface area (Å²) in [7, 11) is 0. The Balaban J connectivity index is 1.85. The van der Waals surface area contributed by atoms with Gasteiger partial charge in [0.1, 0.15) is 12.9 Å². The SMILES string of the molecule is O=C(Cn1cnnn1)N1CCCNc2ccccc21. The number of anilines is 2. The molecule has 98 valence electrons. The molecular weight excluding hydrogens is 244 g/mol. The molecule has 1 amide bonds. The monoisotopic (exact) mass is 258 g/mol. The lowest BCUT2D eigenvalue weighted by Crippen LogP contribution is -2.34. The molecule has 1 aromatic carbocycles. The van der Waals surface area contributed by atoms with Gasteiger partial charge in [0.25, 0.3) is 0 Å². The largest absolute Gasteiger partial charge is 0.383 e. The highest BCUT2D eigenvalue weighted by Gasteiger charge is 2.21. The van der Waals surface area contributed by atoms with Gasteiger partial charge in [-0.25, -0.2) is 4.68 Å². The van der Waals surface area contributed by atoms with Crippen molar-refractivity contribution in [1.29, 1.82) is 0 Å². The van der Waals surface area contributed by atoms with E-state index in [4.69, 9.17) is 0 Å². The van der Waals surface area contributed by atoms with Crippen LogP contribution >= 0.6 is 0 Å². The Kier molecular flexibility index (Phi) is 3.09. The number of tetrazole rings is 1. The Labute approximate surface area is 110 Å². The second-order valence-electron chi connectivity index (χ2n) is 4.35. The molecule has 1 N–H and O–H groups in total. The molecule has 0 saturated carbocycles. The number of carbonyl (C=O) groups excluding carboxylic acids is 1. The molecule has 1 aliphatic rings. The minimum Gasteiger partial charge on any atom is -0.383 e. The third-order valence-electron chi connectivity index (χ3n) is 3.06. The molecule has 2 aromatic rings. The first-order valence-electron chi connectivity index (χ1n) is 6.18. The Hall–Kier alpha value is -2.44. The molecule has 0 bridgehead atoms. The van der Waals surface area contributed by atoms with Crippen molar-refractivity contribution in [3.05, 3.63) is 30.6 Å². The number of fused-ring (bicyclic) bond motifs is 1. The second kappa shape index (κ2) is 5.05. The third kappa shape index (κ3) is 2.40. The molecule has 7 nitrogen and oxygen atoms in total. The highest BCUT2D eigenvalue weighted by Crippen LogP contribution is 2.28. The van der Waals surface area contributed by atoms with E-state index in [0.29, 0.717) is 6.54 Å². The maximum Gasteiger partial charge on any atom is 0.248 e. The minimum absolute atomic E-state index is 0.0107. The first kappa shape index (κ1) is 11.6. The van der Waals surface area contributed by atoms with Gasteiger partial charge in [-0.2, -0.15) is 0 Å². The third-order valence-corrected chi connectivity index (χ3v) is 3.06. The number of hydrogen-bond acceptors (Lipinski definition) is 5. The van der Waals surface area contributed by atoms with Crippen LogP contribution < -0.4 is 10.2 Å². The normalized spacial score (nSPS) is 14.4. The van der Waals surface area contributed by atoms with Crippen LogP contribution in [-0.2, 0) is 11.3 Å². The van der Waals surface area contributed by atoms with Crippen molar-refractivity contribution in [3.8, 4) is 0 Å². The van der Waals surface area contributed by atoms with Crippen LogP contribution in [0.2, 0.25) is 0 Å². The summed E-state index contributed by atoms with van der Waals surface area (Å²) < 4.78 is 1.43. The fourth-order valence-electron chi connectivity index (χ4n) is 2.17. The number of hydrogen-bond donors (Lipinski definition) is 1. The van der Waals surface area contributed by atoms with Crippen molar-refractivity contribution in [1.82, 2.24) is 20.2 Å². The number of aromatic nitrogens is 4. The number of amides is 1. The zero-order valence-electron chi connectivity index (χ0n) is 10.4. The highest BCUT2D eigenvalue weighted by molar-refractivity contribution is 5.96. The molecule has 19 heavy (non-hydrogen) atoms. The maximum atomic E-state index is 12.4. The van der Waals surface area contributed by atoms with Crippen LogP contribution in [0.3, 0.4) is 0 Å². The van der Waals surface area contributed by atoms with Crippen molar-refractivity contribution < 1.29 is 4.79 Å². The average molecular weight is 258 g/mol. The summed E-state index contributed by atoms with van der Waals surface area (Å²) in [6, 6.07) is 7.83. The molecule has 7 heteroatoms. The van der Waals surface area contributed by atoms with Crippen LogP contribution in [0, 0.1) is 0 Å². The lowest BCUT2D eigenvalue weighted by Gasteiger charge is -2.22. The molecule has 3 rings (SSSR count). The Morgan fingerprint density at radius 3 is 3.11 bits per heavy atom. The van der Waals surface area contributed by atoms with Crippen molar-refractivity contribution in [2.75, 3.05) is 23.3 Å². The number of para-hydroxylation sites is 2. The molecule has 0 aliphatic carbocycles. The maximum absolute atomic E-state index is 12.4. The van der Waals surface area contributed by atoms with E-state index < -0.39 is 0 Å². The number of benzene rings is 1. The number of nitrogens with one attached hydrogen (secondary N) is 1. The lowest BCUT2D eigenvalue weighted by molar-refractivity contribution is -0.119. The molecule has 0 atom stereocenters. The number of nitrogens with zero attached hydrogens (tertiary/aromatic N) is 5. The second-order valence-corrected chi connectivity index (χ2v) is 4.35. The molecule has 1 aliphatic heterocycles. The average Bonchev–Trinajstić information content (AvgIpc) is 2.83. The summed E-state index contributed by atoms with van der Waals surface area (Å²) in [6.45, 7) is 1.72. The fraction of sp³-hybridized carbons (Fsp3) is 0.333. The molecular formula is C12H14N6O. The van der Waals surface area contributed by atoms with Gasteiger partial charge < -0.3 is 10.2 Å². The predicted molar refractivity (Wildman–Crippen MR) is 69.7 cm³/mol. The van der Waals surface area contributed by atoms with E-state index in [9.17, 15) is 4.79 Å². The van der Waals surface area contributed by atoms with Crippen LogP contribution in [0.4, 0.5) is 11.4 Å². The summed E-state index contributed by atoms with van der Waals surface area (Å²) in [5.41, 5.74) is 1.91. The van der Waals surface area contributed by atoms with Gasteiger partial charge in [-0.05, 0) is 29.0 Å². The zero-order chi connectivity index (χ0) is 13.1. The van der Waals surface area contributed by atoms with E-state index in [-0.39, 0.29) is 12.5 Å². The van der Waals surface area contributed by atoms with E-state index in [1.807, 2.05) is 24.3 Å².